The van der Waals surface area contributed by atoms with E-state index in [9.17, 15) is 9.59 Å². The summed E-state index contributed by atoms with van der Waals surface area (Å²) in [5, 5.41) is 3.86. The Balaban J connectivity index is 1.76. The van der Waals surface area contributed by atoms with Gasteiger partial charge in [0.2, 0.25) is 11.0 Å². The van der Waals surface area contributed by atoms with Crippen LogP contribution in [0.15, 0.2) is 30.3 Å². The summed E-state index contributed by atoms with van der Waals surface area (Å²) >= 11 is 1.24. The van der Waals surface area contributed by atoms with Crippen LogP contribution in [0.3, 0.4) is 0 Å². The molecule has 0 bridgehead atoms. The normalized spacial score (nSPS) is 17.6. The van der Waals surface area contributed by atoms with Crippen molar-refractivity contribution in [1.29, 1.82) is 0 Å². The molecule has 0 aliphatic carbocycles. The predicted molar refractivity (Wildman–Crippen MR) is 109 cm³/mol. The number of aromatic nitrogens is 2. The van der Waals surface area contributed by atoms with Crippen molar-refractivity contribution in [3.8, 4) is 11.4 Å². The van der Waals surface area contributed by atoms with E-state index in [1.54, 1.807) is 4.90 Å². The maximum Gasteiger partial charge on any atom is 0.328 e. The second-order valence-corrected chi connectivity index (χ2v) is 8.08. The van der Waals surface area contributed by atoms with Gasteiger partial charge in [-0.05, 0) is 25.2 Å². The summed E-state index contributed by atoms with van der Waals surface area (Å²) in [6.45, 7) is 4.71. The molecule has 1 fully saturated rings. The molecule has 3 rings (SSSR count). The summed E-state index contributed by atoms with van der Waals surface area (Å²) < 4.78 is 9.27. The number of nitrogens with zero attached hydrogens (tertiary/aromatic N) is 3. The number of amides is 1. The number of esters is 1. The first-order chi connectivity index (χ1) is 13.5. The Hall–Kier alpha value is -2.48. The SMILES string of the molecule is COC(=O)C1CCCN1C(=O)C(CC(C)C)Nc1nc(-c2ccccc2)ns1. The molecule has 1 aromatic carbocycles. The number of likely N-dealkylation sites (tertiary alicyclic amines) is 1. The zero-order valence-corrected chi connectivity index (χ0v) is 17.2. The number of carbonyl (C=O) groups is 2. The lowest BCUT2D eigenvalue weighted by Crippen LogP contribution is -2.48. The van der Waals surface area contributed by atoms with E-state index in [1.165, 1.54) is 18.6 Å². The standard InChI is InChI=1S/C20H26N4O3S/c1-13(2)12-15(18(25)24-11-7-10-16(24)19(26)27-3)21-20-22-17(23-28-20)14-8-5-4-6-9-14/h4-6,8-9,13,15-16H,7,10-12H2,1-3H3,(H,21,22,23). The highest BCUT2D eigenvalue weighted by Gasteiger charge is 2.38. The molecule has 1 aliphatic rings. The number of benzene rings is 1. The van der Waals surface area contributed by atoms with Gasteiger partial charge in [0.25, 0.3) is 0 Å². The molecule has 0 spiro atoms. The van der Waals surface area contributed by atoms with E-state index in [4.69, 9.17) is 4.74 Å². The molecule has 0 saturated carbocycles. The fraction of sp³-hybridized carbons (Fsp3) is 0.500. The van der Waals surface area contributed by atoms with Gasteiger partial charge in [0.1, 0.15) is 12.1 Å². The molecule has 7 nitrogen and oxygen atoms in total. The van der Waals surface area contributed by atoms with Crippen LogP contribution in [0, 0.1) is 5.92 Å². The number of hydrogen-bond donors (Lipinski definition) is 1. The maximum absolute atomic E-state index is 13.2. The van der Waals surface area contributed by atoms with Crippen LogP contribution in [0.2, 0.25) is 0 Å². The van der Waals surface area contributed by atoms with Gasteiger partial charge in [-0.15, -0.1) is 0 Å². The second kappa shape index (κ2) is 9.14. The highest BCUT2D eigenvalue weighted by molar-refractivity contribution is 7.09. The summed E-state index contributed by atoms with van der Waals surface area (Å²) in [5.74, 6) is 0.508. The van der Waals surface area contributed by atoms with Crippen LogP contribution < -0.4 is 5.32 Å². The molecule has 2 heterocycles. The van der Waals surface area contributed by atoms with Gasteiger partial charge in [-0.2, -0.15) is 9.36 Å². The molecule has 2 atom stereocenters. The molecule has 2 aromatic rings. The zero-order chi connectivity index (χ0) is 20.1. The molecule has 1 aliphatic heterocycles. The van der Waals surface area contributed by atoms with E-state index in [0.717, 1.165) is 12.0 Å². The minimum absolute atomic E-state index is 0.0851. The number of methoxy groups -OCH3 is 1. The number of rotatable bonds is 7. The molecule has 2 unspecified atom stereocenters. The minimum Gasteiger partial charge on any atom is -0.467 e. The molecule has 28 heavy (non-hydrogen) atoms. The summed E-state index contributed by atoms with van der Waals surface area (Å²) in [6, 6.07) is 8.77. The topological polar surface area (TPSA) is 84.4 Å². The average molecular weight is 403 g/mol. The fourth-order valence-electron chi connectivity index (χ4n) is 3.44. The smallest absolute Gasteiger partial charge is 0.328 e. The Bertz CT molecular complexity index is 809. The van der Waals surface area contributed by atoms with Crippen molar-refractivity contribution in [3.05, 3.63) is 30.3 Å². The van der Waals surface area contributed by atoms with Crippen LogP contribution in [0.5, 0.6) is 0 Å². The van der Waals surface area contributed by atoms with Crippen molar-refractivity contribution in [3.63, 3.8) is 0 Å². The lowest BCUT2D eigenvalue weighted by molar-refractivity contribution is -0.151. The molecular formula is C20H26N4O3S. The summed E-state index contributed by atoms with van der Waals surface area (Å²) in [5.41, 5.74) is 0.934. The molecular weight excluding hydrogens is 376 g/mol. The lowest BCUT2D eigenvalue weighted by atomic mass is 10.0. The Kier molecular flexibility index (Phi) is 6.61. The summed E-state index contributed by atoms with van der Waals surface area (Å²) in [4.78, 5) is 31.4. The van der Waals surface area contributed by atoms with E-state index in [1.807, 2.05) is 30.3 Å². The van der Waals surface area contributed by atoms with Crippen molar-refractivity contribution in [2.45, 2.75) is 45.2 Å². The van der Waals surface area contributed by atoms with Crippen molar-refractivity contribution in [2.24, 2.45) is 5.92 Å². The van der Waals surface area contributed by atoms with E-state index in [0.29, 0.717) is 36.3 Å². The van der Waals surface area contributed by atoms with Gasteiger partial charge >= 0.3 is 5.97 Å². The Morgan fingerprint density at radius 1 is 1.32 bits per heavy atom. The fourth-order valence-corrected chi connectivity index (χ4v) is 4.08. The van der Waals surface area contributed by atoms with Crippen LogP contribution in [0.25, 0.3) is 11.4 Å². The summed E-state index contributed by atoms with van der Waals surface area (Å²) in [7, 11) is 1.36. The van der Waals surface area contributed by atoms with Gasteiger partial charge in [-0.3, -0.25) is 4.79 Å². The first-order valence-electron chi connectivity index (χ1n) is 9.53. The van der Waals surface area contributed by atoms with Crippen LogP contribution in [0.1, 0.15) is 33.1 Å². The lowest BCUT2D eigenvalue weighted by Gasteiger charge is -2.28. The van der Waals surface area contributed by atoms with Crippen molar-refractivity contribution < 1.29 is 14.3 Å². The number of anilines is 1. The molecule has 1 saturated heterocycles. The highest BCUT2D eigenvalue weighted by atomic mass is 32.1. The number of ether oxygens (including phenoxy) is 1. The molecule has 150 valence electrons. The third kappa shape index (κ3) is 4.67. The van der Waals surface area contributed by atoms with E-state index >= 15 is 0 Å². The van der Waals surface area contributed by atoms with Crippen molar-refractivity contribution in [1.82, 2.24) is 14.3 Å². The first-order valence-corrected chi connectivity index (χ1v) is 10.3. The molecule has 8 heteroatoms. The predicted octanol–water partition coefficient (Wildman–Crippen LogP) is 3.20. The monoisotopic (exact) mass is 402 g/mol. The van der Waals surface area contributed by atoms with Gasteiger partial charge in [0.15, 0.2) is 5.82 Å². The van der Waals surface area contributed by atoms with Crippen LogP contribution in [0.4, 0.5) is 5.13 Å². The van der Waals surface area contributed by atoms with Gasteiger partial charge in [-0.25, -0.2) is 4.79 Å². The molecule has 1 N–H and O–H groups in total. The minimum atomic E-state index is -0.497. The van der Waals surface area contributed by atoms with Gasteiger partial charge in [0.05, 0.1) is 7.11 Å². The first kappa shape index (κ1) is 20.3. The van der Waals surface area contributed by atoms with Gasteiger partial charge in [0, 0.05) is 23.6 Å². The zero-order valence-electron chi connectivity index (χ0n) is 16.4. The average Bonchev–Trinajstić information content (AvgIpc) is 3.36. The number of carbonyl (C=O) groups excluding carboxylic acids is 2. The third-order valence-electron chi connectivity index (χ3n) is 4.77. The second-order valence-electron chi connectivity index (χ2n) is 7.33. The molecule has 0 radical (unpaired) electrons. The van der Waals surface area contributed by atoms with Gasteiger partial charge < -0.3 is 15.0 Å². The quantitative estimate of drug-likeness (QED) is 0.716. The Morgan fingerprint density at radius 3 is 2.75 bits per heavy atom. The number of nitrogens with one attached hydrogen (secondary N) is 1. The van der Waals surface area contributed by atoms with Crippen LogP contribution in [-0.2, 0) is 14.3 Å². The van der Waals surface area contributed by atoms with E-state index < -0.39 is 12.1 Å². The number of hydrogen-bond acceptors (Lipinski definition) is 7. The van der Waals surface area contributed by atoms with E-state index in [-0.39, 0.29) is 11.9 Å². The van der Waals surface area contributed by atoms with Crippen molar-refractivity contribution in [2.75, 3.05) is 19.0 Å². The van der Waals surface area contributed by atoms with Crippen LogP contribution in [-0.4, -0.2) is 51.9 Å². The van der Waals surface area contributed by atoms with Gasteiger partial charge in [-0.1, -0.05) is 44.2 Å². The van der Waals surface area contributed by atoms with E-state index in [2.05, 4.69) is 28.5 Å². The Labute approximate surface area is 169 Å². The third-order valence-corrected chi connectivity index (χ3v) is 5.42. The largest absolute Gasteiger partial charge is 0.467 e. The summed E-state index contributed by atoms with van der Waals surface area (Å²) in [6.07, 6.45) is 2.09. The highest BCUT2D eigenvalue weighted by Crippen LogP contribution is 2.25. The Morgan fingerprint density at radius 2 is 2.07 bits per heavy atom. The van der Waals surface area contributed by atoms with Crippen LogP contribution >= 0.6 is 11.5 Å². The maximum atomic E-state index is 13.2. The molecule has 1 amide bonds. The van der Waals surface area contributed by atoms with Crippen molar-refractivity contribution >= 4 is 28.5 Å². The molecule has 1 aromatic heterocycles.